The molecule has 0 radical (unpaired) electrons. The molecule has 0 saturated carbocycles. The topological polar surface area (TPSA) is 103 Å². The summed E-state index contributed by atoms with van der Waals surface area (Å²) in [6, 6.07) is 147. The van der Waals surface area contributed by atoms with Gasteiger partial charge >= 0.3 is 0 Å². The van der Waals surface area contributed by atoms with E-state index in [1.807, 2.05) is 35.6 Å². The first-order valence-electron chi connectivity index (χ1n) is 48.4. The van der Waals surface area contributed by atoms with E-state index in [4.69, 9.17) is 26.5 Å². The molecule has 0 spiro atoms. The number of fused-ring (bicyclic) bond motifs is 1. The molecule has 12 nitrogen and oxygen atoms in total. The zero-order valence-corrected chi connectivity index (χ0v) is 77.1. The fourth-order valence-electron chi connectivity index (χ4n) is 25.4. The van der Waals surface area contributed by atoms with Crippen molar-refractivity contribution >= 4 is 301 Å². The second-order valence-corrected chi connectivity index (χ2v) is 39.7. The Balaban J connectivity index is 0.0000000941. The molecule has 35 rings (SSSR count). The molecular formula is C129H74N6O6S. The van der Waals surface area contributed by atoms with Gasteiger partial charge in [0, 0.05) is 191 Å². The van der Waals surface area contributed by atoms with Crippen LogP contribution in [0, 0.1) is 0 Å². The van der Waals surface area contributed by atoms with Gasteiger partial charge in [0.25, 0.3) is 0 Å². The molecule has 0 fully saturated rings. The summed E-state index contributed by atoms with van der Waals surface area (Å²) >= 11 is 1.88. The number of rotatable bonds is 12. The summed E-state index contributed by atoms with van der Waals surface area (Å²) in [5.74, 6) is 0. The molecule has 662 valence electrons. The zero-order chi connectivity index (χ0) is 92.5. The smallest absolute Gasteiger partial charge is 0.136 e. The number of nitrogens with zero attached hydrogens (tertiary/aromatic N) is 6. The summed E-state index contributed by atoms with van der Waals surface area (Å²) in [6.45, 7) is 4.70. The van der Waals surface area contributed by atoms with Crippen LogP contribution in [0.25, 0.3) is 256 Å². The van der Waals surface area contributed by atoms with Gasteiger partial charge in [0.05, 0.1) is 33.1 Å². The first-order chi connectivity index (χ1) is 70.2. The molecule has 24 aromatic carbocycles. The summed E-state index contributed by atoms with van der Waals surface area (Å²) in [5, 5.41) is 29.2. The van der Waals surface area contributed by atoms with Crippen LogP contribution in [0.4, 0.5) is 51.2 Å². The number of thiophene rings is 1. The SMILES string of the molecule is CC1(C)c2ccc3oc4ccc5c6c4c3c2c2c1ccc1oc3ccc(c6c3c12)n5-c1ccc(N(c2ccccc2)c2ccccc2)cc1.c1ccc(N(c2ccccc2)c2ccc(-n3c4ccc5oc6ccc7oc8ccc9oc%10ccc3c3c%10c9c8c7c6c5c34)cc2)cc1.c1ccc(N(c2ccccc2)c2ccc(-n3c4cccc5c6cccc7sc8ccc9oc%10ccc3c(c%10c9c8c76)c54)cc2)cc1. The molecule has 10 heterocycles. The normalized spacial score (nSPS) is 13.1. The van der Waals surface area contributed by atoms with Crippen LogP contribution in [0.15, 0.2) is 439 Å². The predicted molar refractivity (Wildman–Crippen MR) is 588 cm³/mol. The maximum Gasteiger partial charge on any atom is 0.136 e. The molecule has 0 amide bonds. The van der Waals surface area contributed by atoms with Crippen LogP contribution in [-0.4, -0.2) is 13.7 Å². The average molecular weight is 1840 g/mol. The van der Waals surface area contributed by atoms with Crippen molar-refractivity contribution in [2.24, 2.45) is 0 Å². The lowest BCUT2D eigenvalue weighted by molar-refractivity contribution is 0.656. The first-order valence-corrected chi connectivity index (χ1v) is 49.2. The van der Waals surface area contributed by atoms with E-state index < -0.39 is 0 Å². The van der Waals surface area contributed by atoms with Crippen molar-refractivity contribution in [1.82, 2.24) is 13.7 Å². The number of hydrogen-bond acceptors (Lipinski definition) is 10. The summed E-state index contributed by atoms with van der Waals surface area (Å²) in [5.41, 5.74) is 33.7. The van der Waals surface area contributed by atoms with Crippen LogP contribution in [0.3, 0.4) is 0 Å². The molecule has 0 aliphatic heterocycles. The van der Waals surface area contributed by atoms with Crippen molar-refractivity contribution in [3.63, 3.8) is 0 Å². The van der Waals surface area contributed by atoms with E-state index in [1.54, 1.807) is 0 Å². The van der Waals surface area contributed by atoms with Crippen LogP contribution in [0.2, 0.25) is 0 Å². The molecule has 10 aromatic heterocycles. The van der Waals surface area contributed by atoms with Gasteiger partial charge < -0.3 is 54.9 Å². The highest BCUT2D eigenvalue weighted by molar-refractivity contribution is 7.26. The number of aromatic nitrogens is 3. The molecule has 0 bridgehead atoms. The van der Waals surface area contributed by atoms with E-state index in [1.165, 1.54) is 129 Å². The summed E-state index contributed by atoms with van der Waals surface area (Å²) < 4.78 is 49.4. The van der Waals surface area contributed by atoms with E-state index >= 15 is 0 Å². The molecule has 142 heavy (non-hydrogen) atoms. The number of anilines is 9. The Hall–Kier alpha value is -18.6. The van der Waals surface area contributed by atoms with Gasteiger partial charge in [-0.25, -0.2) is 0 Å². The minimum atomic E-state index is -0.134. The van der Waals surface area contributed by atoms with Crippen LogP contribution < -0.4 is 14.7 Å². The van der Waals surface area contributed by atoms with Crippen molar-refractivity contribution in [1.29, 1.82) is 0 Å². The Bertz CT molecular complexity index is 10700. The lowest BCUT2D eigenvalue weighted by Crippen LogP contribution is -2.15. The standard InChI is InChI=1S/C45H28N2O2.C42H22N2O3.C42H24N2OS/c1-45(2)29-17-21-33-41-37(29)38-30(45)18-22-34-42(38)44-36(49-34)24-20-32-40(44)39-31(19-23-35(48-33)43(39)41)47(32)28-15-13-27(14-16-28)46(25-9-5-3-6-10-25)26-11-7-4-8-12-26;1-3-7-23(8-4-1)43(24-9-5-2-6-10-24)25-11-13-26(14-12-25)44-27-15-17-29-37-35(27)36-28(44)16-18-30-38(36)40-32(46-30)20-22-34-42(40)41-33(47-34)21-19-31(45-29)39(37)41;1-3-9-25(10-4-1)43(26-11-5-2-6-12-26)27-17-19-28(20-18-27)44-31-15-7-13-29-30-14-8-16-35-38(30)42-36(46-35)24-23-34-41(42)40-33(45-34)22-21-32(44)39(40)37(29)31/h3-24H,1-2H3;1-22H;1-24H. The highest BCUT2D eigenvalue weighted by Crippen LogP contribution is 2.60. The third kappa shape index (κ3) is 10.1. The molecular weight excluding hydrogens is 1760 g/mol. The van der Waals surface area contributed by atoms with Gasteiger partial charge in [0.15, 0.2) is 0 Å². The Morgan fingerprint density at radius 1 is 0.169 bits per heavy atom. The number of benzene rings is 21. The lowest BCUT2D eigenvalue weighted by atomic mass is 9.81. The van der Waals surface area contributed by atoms with Crippen LogP contribution >= 0.6 is 11.3 Å². The van der Waals surface area contributed by atoms with Gasteiger partial charge in [-0.3, -0.25) is 0 Å². The van der Waals surface area contributed by atoms with Gasteiger partial charge in [-0.15, -0.1) is 11.3 Å². The van der Waals surface area contributed by atoms with Crippen molar-refractivity contribution < 1.29 is 26.5 Å². The van der Waals surface area contributed by atoms with Gasteiger partial charge in [0.1, 0.15) is 67.0 Å². The second-order valence-electron chi connectivity index (χ2n) is 38.6. The van der Waals surface area contributed by atoms with Crippen molar-refractivity contribution in [2.75, 3.05) is 14.7 Å². The maximum atomic E-state index is 6.68. The molecule has 1 aliphatic carbocycles. The monoisotopic (exact) mass is 1830 g/mol. The Morgan fingerprint density at radius 3 is 0.690 bits per heavy atom. The van der Waals surface area contributed by atoms with Crippen molar-refractivity contribution in [2.45, 2.75) is 19.3 Å². The van der Waals surface area contributed by atoms with Crippen LogP contribution in [0.5, 0.6) is 0 Å². The van der Waals surface area contributed by atoms with E-state index in [-0.39, 0.29) is 5.41 Å². The van der Waals surface area contributed by atoms with Crippen LogP contribution in [-0.2, 0) is 5.41 Å². The highest BCUT2D eigenvalue weighted by atomic mass is 32.1. The van der Waals surface area contributed by atoms with Gasteiger partial charge in [-0.05, 0) is 300 Å². The summed E-state index contributed by atoms with van der Waals surface area (Å²) in [6.07, 6.45) is 0. The molecule has 1 aliphatic rings. The molecule has 34 aromatic rings. The van der Waals surface area contributed by atoms with E-state index in [9.17, 15) is 0 Å². The molecule has 13 heteroatoms. The minimum Gasteiger partial charge on any atom is -0.456 e. The third-order valence-electron chi connectivity index (χ3n) is 31.1. The lowest BCUT2D eigenvalue weighted by Gasteiger charge is -2.25. The minimum absolute atomic E-state index is 0.134. The Morgan fingerprint density at radius 2 is 0.387 bits per heavy atom. The number of furan rings is 6. The molecule has 0 saturated heterocycles. The largest absolute Gasteiger partial charge is 0.456 e. The number of hydrogen-bond donors (Lipinski definition) is 0. The van der Waals surface area contributed by atoms with Crippen LogP contribution in [0.1, 0.15) is 25.0 Å². The van der Waals surface area contributed by atoms with Crippen molar-refractivity contribution in [3.8, 4) is 17.1 Å². The summed E-state index contributed by atoms with van der Waals surface area (Å²) in [7, 11) is 0. The highest BCUT2D eigenvalue weighted by Gasteiger charge is 2.40. The zero-order valence-electron chi connectivity index (χ0n) is 76.3. The van der Waals surface area contributed by atoms with E-state index in [0.29, 0.717) is 0 Å². The summed E-state index contributed by atoms with van der Waals surface area (Å²) in [4.78, 5) is 6.90. The Labute approximate surface area is 810 Å². The second kappa shape index (κ2) is 27.9. The third-order valence-corrected chi connectivity index (χ3v) is 32.2. The van der Waals surface area contributed by atoms with E-state index in [0.717, 1.165) is 190 Å². The maximum absolute atomic E-state index is 6.68. The van der Waals surface area contributed by atoms with E-state index in [2.05, 4.69) is 430 Å². The number of para-hydroxylation sites is 6. The average Bonchev–Trinajstić information content (AvgIpc) is 1.50. The predicted octanol–water partition coefficient (Wildman–Crippen LogP) is 37.5. The quantitative estimate of drug-likeness (QED) is 0.118. The molecule has 0 atom stereocenters. The van der Waals surface area contributed by atoms with Crippen molar-refractivity contribution in [3.05, 3.63) is 424 Å². The first kappa shape index (κ1) is 76.6. The fraction of sp³-hybridized carbons (Fsp3) is 0.0233. The Kier molecular flexibility index (Phi) is 15.0. The van der Waals surface area contributed by atoms with Gasteiger partial charge in [-0.2, -0.15) is 0 Å². The van der Waals surface area contributed by atoms with Gasteiger partial charge in [0.2, 0.25) is 0 Å². The molecule has 0 N–H and O–H groups in total. The fourth-order valence-corrected chi connectivity index (χ4v) is 26.5. The van der Waals surface area contributed by atoms with Gasteiger partial charge in [-0.1, -0.05) is 159 Å². The molecule has 0 unspecified atom stereocenters.